The number of hydrogen-bond acceptors (Lipinski definition) is 5. The predicted molar refractivity (Wildman–Crippen MR) is 82.3 cm³/mol. The maximum atomic E-state index is 11.2. The number of carbonyl (C=O) groups is 2. The maximum absolute atomic E-state index is 11.2. The number of thiol groups is 1. The predicted octanol–water partition coefficient (Wildman–Crippen LogP) is 2.33. The van der Waals surface area contributed by atoms with Gasteiger partial charge in [-0.2, -0.15) is 12.6 Å². The Morgan fingerprint density at radius 2 is 1.95 bits per heavy atom. The summed E-state index contributed by atoms with van der Waals surface area (Å²) in [5.74, 6) is -1.71. The summed E-state index contributed by atoms with van der Waals surface area (Å²) < 4.78 is 9.56. The molecule has 1 N–H and O–H groups in total. The van der Waals surface area contributed by atoms with Gasteiger partial charge in [0.2, 0.25) is 0 Å². The van der Waals surface area contributed by atoms with E-state index in [-0.39, 0.29) is 18.5 Å². The van der Waals surface area contributed by atoms with Crippen LogP contribution in [0.3, 0.4) is 0 Å². The molecule has 1 atom stereocenters. The monoisotopic (exact) mass is 310 g/mol. The van der Waals surface area contributed by atoms with Crippen LogP contribution >= 0.6 is 12.6 Å². The molecule has 0 saturated heterocycles. The number of rotatable bonds is 9. The molecule has 21 heavy (non-hydrogen) atoms. The number of carboxylic acids is 1. The zero-order valence-electron chi connectivity index (χ0n) is 11.5. The summed E-state index contributed by atoms with van der Waals surface area (Å²) in [7, 11) is 0. The summed E-state index contributed by atoms with van der Waals surface area (Å²) >= 11 is 4.46. The van der Waals surface area contributed by atoms with Gasteiger partial charge in [0.05, 0.1) is 6.61 Å². The molecule has 0 spiro atoms. The van der Waals surface area contributed by atoms with Crippen LogP contribution in [0.25, 0.3) is 6.08 Å². The molecule has 0 amide bonds. The molecule has 0 aromatic heterocycles. The first-order chi connectivity index (χ1) is 10.0. The second kappa shape index (κ2) is 9.20. The molecule has 0 heterocycles. The van der Waals surface area contributed by atoms with E-state index < -0.39 is 18.5 Å². The largest absolute Gasteiger partial charge is 0.480 e. The van der Waals surface area contributed by atoms with Gasteiger partial charge in [-0.1, -0.05) is 36.9 Å². The first-order valence-corrected chi connectivity index (χ1v) is 6.90. The van der Waals surface area contributed by atoms with Crippen molar-refractivity contribution in [2.75, 3.05) is 19.8 Å². The molecular formula is C15H18O5S. The van der Waals surface area contributed by atoms with Gasteiger partial charge in [-0.05, 0) is 17.5 Å². The minimum Gasteiger partial charge on any atom is -0.480 e. The number of esters is 1. The average molecular weight is 310 g/mol. The molecule has 0 radical (unpaired) electrons. The lowest BCUT2D eigenvalue weighted by Gasteiger charge is -2.11. The third-order valence-electron chi connectivity index (χ3n) is 2.66. The van der Waals surface area contributed by atoms with E-state index in [2.05, 4.69) is 23.9 Å². The zero-order chi connectivity index (χ0) is 15.7. The van der Waals surface area contributed by atoms with Gasteiger partial charge in [-0.25, -0.2) is 9.59 Å². The van der Waals surface area contributed by atoms with E-state index in [1.807, 2.05) is 24.3 Å². The highest BCUT2D eigenvalue weighted by Gasteiger charge is 2.09. The Morgan fingerprint density at radius 1 is 1.29 bits per heavy atom. The van der Waals surface area contributed by atoms with Crippen molar-refractivity contribution in [1.82, 2.24) is 0 Å². The number of ether oxygens (including phenoxy) is 2. The zero-order valence-corrected chi connectivity index (χ0v) is 12.4. The van der Waals surface area contributed by atoms with Crippen molar-refractivity contribution in [1.29, 1.82) is 0 Å². The van der Waals surface area contributed by atoms with Crippen LogP contribution in [-0.4, -0.2) is 36.9 Å². The molecule has 0 aliphatic rings. The van der Waals surface area contributed by atoms with Crippen LogP contribution in [-0.2, 0) is 19.1 Å². The van der Waals surface area contributed by atoms with Gasteiger partial charge in [0, 0.05) is 5.25 Å². The van der Waals surface area contributed by atoms with Crippen LogP contribution in [0.4, 0.5) is 0 Å². The van der Waals surface area contributed by atoms with E-state index in [4.69, 9.17) is 9.84 Å². The van der Waals surface area contributed by atoms with Crippen molar-refractivity contribution in [2.45, 2.75) is 11.7 Å². The number of benzene rings is 1. The summed E-state index contributed by atoms with van der Waals surface area (Å²) in [6.45, 7) is 3.01. The minimum atomic E-state index is -1.12. The number of carboxylic acid groups (broad SMARTS) is 1. The van der Waals surface area contributed by atoms with Gasteiger partial charge in [0.25, 0.3) is 0 Å². The number of hydrogen-bond donors (Lipinski definition) is 2. The SMILES string of the molecule is C=Cc1ccc(C(S)CCOC(=O)COCC(=O)O)cc1. The molecule has 1 aromatic rings. The van der Waals surface area contributed by atoms with Crippen molar-refractivity contribution >= 4 is 30.6 Å². The van der Waals surface area contributed by atoms with Crippen molar-refractivity contribution in [3.63, 3.8) is 0 Å². The summed E-state index contributed by atoms with van der Waals surface area (Å²) in [6, 6.07) is 7.79. The third kappa shape index (κ3) is 6.97. The Kier molecular flexibility index (Phi) is 7.56. The fraction of sp³-hybridized carbons (Fsp3) is 0.333. The Balaban J connectivity index is 2.26. The first kappa shape index (κ1) is 17.3. The molecule has 1 rings (SSSR count). The highest BCUT2D eigenvalue weighted by molar-refractivity contribution is 7.80. The summed E-state index contributed by atoms with van der Waals surface area (Å²) in [6.07, 6.45) is 2.32. The Morgan fingerprint density at radius 3 is 2.52 bits per heavy atom. The van der Waals surface area contributed by atoms with E-state index in [1.54, 1.807) is 6.08 Å². The molecule has 0 aliphatic carbocycles. The lowest BCUT2D eigenvalue weighted by molar-refractivity contribution is -0.152. The van der Waals surface area contributed by atoms with Crippen LogP contribution in [0.5, 0.6) is 0 Å². The second-order valence-electron chi connectivity index (χ2n) is 4.28. The Hall–Kier alpha value is -1.79. The minimum absolute atomic E-state index is 0.0448. The van der Waals surface area contributed by atoms with Gasteiger partial charge in [0.15, 0.2) is 0 Å². The molecule has 0 aliphatic heterocycles. The van der Waals surface area contributed by atoms with Crippen molar-refractivity contribution in [2.24, 2.45) is 0 Å². The molecule has 5 nitrogen and oxygen atoms in total. The highest BCUT2D eigenvalue weighted by atomic mass is 32.1. The van der Waals surface area contributed by atoms with Gasteiger partial charge < -0.3 is 14.6 Å². The summed E-state index contributed by atoms with van der Waals surface area (Å²) in [5.41, 5.74) is 2.06. The number of carbonyl (C=O) groups excluding carboxylic acids is 1. The van der Waals surface area contributed by atoms with Crippen LogP contribution < -0.4 is 0 Å². The second-order valence-corrected chi connectivity index (χ2v) is 4.91. The van der Waals surface area contributed by atoms with Gasteiger partial charge in [0.1, 0.15) is 13.2 Å². The number of aliphatic carboxylic acids is 1. The van der Waals surface area contributed by atoms with Gasteiger partial charge in [-0.3, -0.25) is 0 Å². The quantitative estimate of drug-likeness (QED) is 0.541. The van der Waals surface area contributed by atoms with Crippen molar-refractivity contribution in [3.05, 3.63) is 42.0 Å². The van der Waals surface area contributed by atoms with E-state index in [0.29, 0.717) is 6.42 Å². The Labute approximate surface area is 129 Å². The highest BCUT2D eigenvalue weighted by Crippen LogP contribution is 2.24. The fourth-order valence-corrected chi connectivity index (χ4v) is 1.85. The van der Waals surface area contributed by atoms with Gasteiger partial charge in [-0.15, -0.1) is 0 Å². The van der Waals surface area contributed by atoms with Gasteiger partial charge >= 0.3 is 11.9 Å². The molecule has 114 valence electrons. The normalized spacial score (nSPS) is 11.7. The summed E-state index contributed by atoms with van der Waals surface area (Å²) in [5, 5.41) is 8.30. The maximum Gasteiger partial charge on any atom is 0.332 e. The van der Waals surface area contributed by atoms with Crippen LogP contribution in [0.1, 0.15) is 22.8 Å². The van der Waals surface area contributed by atoms with Crippen molar-refractivity contribution in [3.8, 4) is 0 Å². The van der Waals surface area contributed by atoms with E-state index in [9.17, 15) is 9.59 Å². The van der Waals surface area contributed by atoms with E-state index in [1.165, 1.54) is 0 Å². The molecule has 1 aromatic carbocycles. The average Bonchev–Trinajstić information content (AvgIpc) is 2.46. The van der Waals surface area contributed by atoms with Crippen LogP contribution in [0.2, 0.25) is 0 Å². The molecule has 0 bridgehead atoms. The van der Waals surface area contributed by atoms with Crippen LogP contribution in [0, 0.1) is 0 Å². The molecule has 6 heteroatoms. The molecule has 1 unspecified atom stereocenters. The Bertz CT molecular complexity index is 483. The van der Waals surface area contributed by atoms with Crippen LogP contribution in [0.15, 0.2) is 30.8 Å². The van der Waals surface area contributed by atoms with E-state index in [0.717, 1.165) is 11.1 Å². The third-order valence-corrected chi connectivity index (χ3v) is 3.21. The molecule has 0 saturated carbocycles. The van der Waals surface area contributed by atoms with E-state index >= 15 is 0 Å². The summed E-state index contributed by atoms with van der Waals surface area (Å²) in [4.78, 5) is 21.4. The lowest BCUT2D eigenvalue weighted by Crippen LogP contribution is -2.17. The molecule has 0 fully saturated rings. The standard InChI is InChI=1S/C15H18O5S/c1-2-11-3-5-12(6-4-11)13(21)7-8-20-15(18)10-19-9-14(16)17/h2-6,13,21H,1,7-10H2,(H,16,17). The lowest BCUT2D eigenvalue weighted by atomic mass is 10.1. The topological polar surface area (TPSA) is 72.8 Å². The fourth-order valence-electron chi connectivity index (χ4n) is 1.57. The van der Waals surface area contributed by atoms with Crippen molar-refractivity contribution < 1.29 is 24.2 Å². The molecular weight excluding hydrogens is 292 g/mol. The smallest absolute Gasteiger partial charge is 0.332 e. The first-order valence-electron chi connectivity index (χ1n) is 6.38.